The van der Waals surface area contributed by atoms with Gasteiger partial charge in [0.2, 0.25) is 0 Å². The maximum absolute atomic E-state index is 13.3. The lowest BCUT2D eigenvalue weighted by Crippen LogP contribution is -2.36. The first-order chi connectivity index (χ1) is 17.3. The number of ether oxygens (including phenoxy) is 4. The van der Waals surface area contributed by atoms with Gasteiger partial charge in [0.1, 0.15) is 11.7 Å². The quantitative estimate of drug-likeness (QED) is 0.364. The molecule has 1 heterocycles. The lowest BCUT2D eigenvalue weighted by molar-refractivity contribution is -0.144. The third kappa shape index (κ3) is 6.31. The Morgan fingerprint density at radius 2 is 1.67 bits per heavy atom. The fourth-order valence-electron chi connectivity index (χ4n) is 4.09. The van der Waals surface area contributed by atoms with Gasteiger partial charge in [-0.2, -0.15) is 0 Å². The molecular weight excluding hydrogens is 486 g/mol. The van der Waals surface area contributed by atoms with Gasteiger partial charge in [0.15, 0.2) is 6.61 Å². The zero-order chi connectivity index (χ0) is 26.2. The van der Waals surface area contributed by atoms with Crippen molar-refractivity contribution in [2.75, 3.05) is 27.4 Å². The Morgan fingerprint density at radius 3 is 2.31 bits per heavy atom. The number of benzene rings is 2. The predicted molar refractivity (Wildman–Crippen MR) is 134 cm³/mol. The summed E-state index contributed by atoms with van der Waals surface area (Å²) in [5.41, 5.74) is 2.81. The molecule has 0 amide bonds. The van der Waals surface area contributed by atoms with Gasteiger partial charge in [-0.15, -0.1) is 0 Å². The van der Waals surface area contributed by atoms with Gasteiger partial charge in [-0.1, -0.05) is 41.9 Å². The van der Waals surface area contributed by atoms with Gasteiger partial charge in [0.25, 0.3) is 0 Å². The summed E-state index contributed by atoms with van der Waals surface area (Å²) >= 11 is 6.48. The molecule has 0 bridgehead atoms. The maximum atomic E-state index is 13.3. The van der Waals surface area contributed by atoms with E-state index >= 15 is 0 Å². The predicted octanol–water partition coefficient (Wildman–Crippen LogP) is 4.30. The van der Waals surface area contributed by atoms with Crippen LogP contribution in [0.15, 0.2) is 64.8 Å². The minimum absolute atomic E-state index is 0.110. The Bertz CT molecular complexity index is 1190. The number of allylic oxidation sites excluding steroid dienone is 1. The van der Waals surface area contributed by atoms with Crippen molar-refractivity contribution in [1.82, 2.24) is 0 Å². The molecule has 2 unspecified atom stereocenters. The summed E-state index contributed by atoms with van der Waals surface area (Å²) in [6.45, 7) is 3.38. The molecule has 8 nitrogen and oxygen atoms in total. The van der Waals surface area contributed by atoms with E-state index in [9.17, 15) is 14.4 Å². The molecule has 0 radical (unpaired) electrons. The Morgan fingerprint density at radius 1 is 0.972 bits per heavy atom. The Labute approximate surface area is 214 Å². The van der Waals surface area contributed by atoms with Crippen molar-refractivity contribution in [2.24, 2.45) is 10.9 Å². The van der Waals surface area contributed by atoms with Gasteiger partial charge < -0.3 is 18.9 Å². The first-order valence-corrected chi connectivity index (χ1v) is 11.7. The van der Waals surface area contributed by atoms with E-state index in [1.807, 2.05) is 12.1 Å². The smallest absolute Gasteiger partial charge is 0.343 e. The molecule has 0 saturated heterocycles. The summed E-state index contributed by atoms with van der Waals surface area (Å²) < 4.78 is 20.5. The van der Waals surface area contributed by atoms with Gasteiger partial charge in [-0.05, 0) is 43.2 Å². The molecule has 0 aliphatic carbocycles. The van der Waals surface area contributed by atoms with E-state index in [-0.39, 0.29) is 18.8 Å². The molecule has 36 heavy (non-hydrogen) atoms. The van der Waals surface area contributed by atoms with E-state index in [2.05, 4.69) is 9.73 Å². The summed E-state index contributed by atoms with van der Waals surface area (Å²) in [6, 6.07) is 14.2. The van der Waals surface area contributed by atoms with E-state index in [0.29, 0.717) is 34.2 Å². The minimum Gasteiger partial charge on any atom is -0.482 e. The lowest BCUT2D eigenvalue weighted by Gasteiger charge is -2.31. The van der Waals surface area contributed by atoms with E-state index in [0.717, 1.165) is 5.56 Å². The number of hydrogen-bond donors (Lipinski definition) is 0. The number of carbonyl (C=O) groups excluding carboxylic acids is 3. The second kappa shape index (κ2) is 12.4. The SMILES string of the molecule is COC(=O)COc1ccc(CCOC(=O)C2=C(C)N=C(C)C(C(=O)OC)C2c2ccccc2Cl)cc1. The molecule has 2 atom stereocenters. The monoisotopic (exact) mass is 513 g/mol. The topological polar surface area (TPSA) is 100 Å². The molecule has 3 rings (SSSR count). The van der Waals surface area contributed by atoms with Crippen LogP contribution in [0, 0.1) is 5.92 Å². The molecule has 0 aromatic heterocycles. The van der Waals surface area contributed by atoms with Crippen LogP contribution >= 0.6 is 11.6 Å². The van der Waals surface area contributed by atoms with Crippen molar-refractivity contribution in [3.8, 4) is 5.75 Å². The highest BCUT2D eigenvalue weighted by molar-refractivity contribution is 6.31. The number of halogens is 1. The largest absolute Gasteiger partial charge is 0.482 e. The highest BCUT2D eigenvalue weighted by atomic mass is 35.5. The number of hydrogen-bond acceptors (Lipinski definition) is 8. The first kappa shape index (κ1) is 26.9. The van der Waals surface area contributed by atoms with Crippen molar-refractivity contribution >= 4 is 35.2 Å². The number of carbonyl (C=O) groups is 3. The fourth-order valence-corrected chi connectivity index (χ4v) is 4.34. The standard InChI is InChI=1S/C27H28ClNO7/c1-16-23(26(31)34-4)25(20-7-5-6-8-21(20)28)24(17(2)29-16)27(32)35-14-13-18-9-11-19(12-10-18)36-15-22(30)33-3/h5-12,23,25H,13-15H2,1-4H3. The van der Waals surface area contributed by atoms with E-state index in [1.54, 1.807) is 50.2 Å². The molecule has 2 aromatic rings. The summed E-state index contributed by atoms with van der Waals surface area (Å²) in [7, 11) is 2.59. The van der Waals surface area contributed by atoms with Crippen molar-refractivity contribution in [3.63, 3.8) is 0 Å². The number of rotatable bonds is 9. The Kier molecular flexibility index (Phi) is 9.25. The number of nitrogens with zero attached hydrogens (tertiary/aromatic N) is 1. The summed E-state index contributed by atoms with van der Waals surface area (Å²) in [4.78, 5) is 41.7. The zero-order valence-electron chi connectivity index (χ0n) is 20.6. The van der Waals surface area contributed by atoms with Crippen molar-refractivity contribution in [1.29, 1.82) is 0 Å². The van der Waals surface area contributed by atoms with Gasteiger partial charge in [-0.3, -0.25) is 9.79 Å². The van der Waals surface area contributed by atoms with Crippen LogP contribution in [0.1, 0.15) is 30.9 Å². The third-order valence-electron chi connectivity index (χ3n) is 5.88. The second-order valence-electron chi connectivity index (χ2n) is 8.15. The van der Waals surface area contributed by atoms with Crippen molar-refractivity contribution < 1.29 is 33.3 Å². The second-order valence-corrected chi connectivity index (χ2v) is 8.55. The van der Waals surface area contributed by atoms with Crippen LogP contribution in [-0.2, 0) is 35.0 Å². The number of aliphatic imine (C=N–C) groups is 1. The van der Waals surface area contributed by atoms with Crippen LogP contribution in [0.25, 0.3) is 0 Å². The van der Waals surface area contributed by atoms with Crippen LogP contribution in [0.5, 0.6) is 5.75 Å². The molecule has 0 fully saturated rings. The molecule has 1 aliphatic rings. The summed E-state index contributed by atoms with van der Waals surface area (Å²) in [5, 5.41) is 0.429. The van der Waals surface area contributed by atoms with Gasteiger partial charge in [0.05, 0.1) is 26.4 Å². The van der Waals surface area contributed by atoms with Crippen LogP contribution in [0.4, 0.5) is 0 Å². The van der Waals surface area contributed by atoms with E-state index < -0.39 is 29.7 Å². The highest BCUT2D eigenvalue weighted by Gasteiger charge is 2.42. The highest BCUT2D eigenvalue weighted by Crippen LogP contribution is 2.42. The summed E-state index contributed by atoms with van der Waals surface area (Å²) in [6.07, 6.45) is 0.453. The minimum atomic E-state index is -0.807. The third-order valence-corrected chi connectivity index (χ3v) is 6.22. The van der Waals surface area contributed by atoms with Crippen molar-refractivity contribution in [2.45, 2.75) is 26.2 Å². The molecule has 0 N–H and O–H groups in total. The van der Waals surface area contributed by atoms with Crippen LogP contribution < -0.4 is 4.74 Å². The molecular formula is C27H28ClNO7. The van der Waals surface area contributed by atoms with Gasteiger partial charge >= 0.3 is 17.9 Å². The number of esters is 3. The molecule has 9 heteroatoms. The Hall–Kier alpha value is -3.65. The van der Waals surface area contributed by atoms with Crippen LogP contribution in [0.3, 0.4) is 0 Å². The van der Waals surface area contributed by atoms with E-state index in [4.69, 9.17) is 25.8 Å². The number of methoxy groups -OCH3 is 2. The average Bonchev–Trinajstić information content (AvgIpc) is 2.87. The first-order valence-electron chi connectivity index (χ1n) is 11.3. The zero-order valence-corrected chi connectivity index (χ0v) is 21.3. The molecule has 1 aliphatic heterocycles. The molecule has 0 spiro atoms. The lowest BCUT2D eigenvalue weighted by atomic mass is 9.75. The van der Waals surface area contributed by atoms with Crippen LogP contribution in [-0.4, -0.2) is 51.1 Å². The van der Waals surface area contributed by atoms with Gasteiger partial charge in [-0.25, -0.2) is 9.59 Å². The maximum Gasteiger partial charge on any atom is 0.343 e. The molecule has 190 valence electrons. The molecule has 0 saturated carbocycles. The van der Waals surface area contributed by atoms with Gasteiger partial charge in [0, 0.05) is 28.8 Å². The molecule has 2 aromatic carbocycles. The van der Waals surface area contributed by atoms with Crippen LogP contribution in [0.2, 0.25) is 5.02 Å². The van der Waals surface area contributed by atoms with E-state index in [1.165, 1.54) is 14.2 Å². The summed E-state index contributed by atoms with van der Waals surface area (Å²) in [5.74, 6) is -2.52. The normalized spacial score (nSPS) is 17.2. The Balaban J connectivity index is 1.75. The average molecular weight is 514 g/mol. The fraction of sp³-hybridized carbons (Fsp3) is 0.333. The van der Waals surface area contributed by atoms with Crippen molar-refractivity contribution in [3.05, 3.63) is 76.0 Å².